The molecule has 2 fully saturated rings. The van der Waals surface area contributed by atoms with E-state index < -0.39 is 40.3 Å². The predicted octanol–water partition coefficient (Wildman–Crippen LogP) is 4.39. The summed E-state index contributed by atoms with van der Waals surface area (Å²) in [6.45, 7) is -0.0657. The molecule has 2 aromatic carbocycles. The van der Waals surface area contributed by atoms with E-state index in [9.17, 15) is 36.6 Å². The molecule has 2 aromatic rings. The Bertz CT molecular complexity index is 1130. The number of carbonyl (C=O) groups is 2. The maximum atomic E-state index is 14.4. The average Bonchev–Trinajstić information content (AvgIpc) is 2.80. The fourth-order valence-electron chi connectivity index (χ4n) is 5.18. The zero-order valence-corrected chi connectivity index (χ0v) is 19.9. The number of hydrogen-bond acceptors (Lipinski definition) is 3. The largest absolute Gasteiger partial charge is 0.430 e. The van der Waals surface area contributed by atoms with Crippen molar-refractivity contribution in [3.8, 4) is 0 Å². The summed E-state index contributed by atoms with van der Waals surface area (Å²) in [4.78, 5) is 26.2. The number of nitrogens with zero attached hydrogens (tertiary/aromatic N) is 1. The van der Waals surface area contributed by atoms with Crippen LogP contribution in [0, 0.1) is 17.0 Å². The quantitative estimate of drug-likeness (QED) is 0.547. The van der Waals surface area contributed by atoms with E-state index in [2.05, 4.69) is 21.2 Å². The number of alkyl halides is 3. The number of amides is 2. The van der Waals surface area contributed by atoms with E-state index in [1.54, 1.807) is 12.1 Å². The summed E-state index contributed by atoms with van der Waals surface area (Å²) >= 11 is 2.96. The predicted molar refractivity (Wildman–Crippen MR) is 119 cm³/mol. The van der Waals surface area contributed by atoms with Crippen LogP contribution in [0.15, 0.2) is 46.9 Å². The smallest absolute Gasteiger partial charge is 0.368 e. The Balaban J connectivity index is 1.62. The highest BCUT2D eigenvalue weighted by Gasteiger charge is 2.63. The van der Waals surface area contributed by atoms with Crippen molar-refractivity contribution in [3.63, 3.8) is 0 Å². The van der Waals surface area contributed by atoms with Gasteiger partial charge in [-0.2, -0.15) is 13.2 Å². The SMILES string of the molecule is O=C1CC2(CCN(C(=O)C(O)(c3cc(Br)ccc3F)C(F)(F)F)CC2)[C@H](c2ccc(F)cc2)CN1. The van der Waals surface area contributed by atoms with E-state index in [0.717, 1.165) is 28.7 Å². The Morgan fingerprint density at radius 1 is 1.09 bits per heavy atom. The van der Waals surface area contributed by atoms with Crippen LogP contribution >= 0.6 is 15.9 Å². The summed E-state index contributed by atoms with van der Waals surface area (Å²) in [5.41, 5.74) is -5.15. The van der Waals surface area contributed by atoms with Gasteiger partial charge in [-0.1, -0.05) is 28.1 Å². The van der Waals surface area contributed by atoms with E-state index in [4.69, 9.17) is 0 Å². The third kappa shape index (κ3) is 4.55. The highest BCUT2D eigenvalue weighted by atomic mass is 79.9. The van der Waals surface area contributed by atoms with Crippen LogP contribution in [0.2, 0.25) is 0 Å². The van der Waals surface area contributed by atoms with Crippen LogP contribution in [0.25, 0.3) is 0 Å². The third-order valence-electron chi connectivity index (χ3n) is 7.11. The van der Waals surface area contributed by atoms with Gasteiger partial charge in [0.2, 0.25) is 5.91 Å². The van der Waals surface area contributed by atoms with Crippen molar-refractivity contribution in [1.82, 2.24) is 10.2 Å². The molecule has 2 amide bonds. The topological polar surface area (TPSA) is 69.6 Å². The van der Waals surface area contributed by atoms with Crippen molar-refractivity contribution in [2.24, 2.45) is 5.41 Å². The van der Waals surface area contributed by atoms with Crippen LogP contribution in [0.3, 0.4) is 0 Å². The Morgan fingerprint density at radius 3 is 2.31 bits per heavy atom. The van der Waals surface area contributed by atoms with E-state index >= 15 is 0 Å². The Hall–Kier alpha value is -2.53. The number of rotatable bonds is 3. The number of benzene rings is 2. The van der Waals surface area contributed by atoms with Gasteiger partial charge >= 0.3 is 6.18 Å². The summed E-state index contributed by atoms with van der Waals surface area (Å²) in [5.74, 6) is -3.91. The maximum Gasteiger partial charge on any atom is 0.430 e. The standard InChI is InChI=1S/C24H22BrF5N2O3/c25-15-3-6-19(27)17(11-15)23(35,24(28,29)30)21(34)32-9-7-22(8-10-32)12-20(33)31-13-18(22)14-1-4-16(26)5-2-14/h1-6,11,18,35H,7-10,12-13H2,(H,31,33)/t18-,23?/m0/s1. The molecule has 1 spiro atoms. The van der Waals surface area contributed by atoms with E-state index in [-0.39, 0.29) is 55.2 Å². The third-order valence-corrected chi connectivity index (χ3v) is 7.61. The Morgan fingerprint density at radius 2 is 1.71 bits per heavy atom. The molecule has 2 aliphatic rings. The minimum Gasteiger partial charge on any atom is -0.368 e. The Labute approximate surface area is 206 Å². The second kappa shape index (κ2) is 9.16. The maximum absolute atomic E-state index is 14.4. The molecular formula is C24H22BrF5N2O3. The number of likely N-dealkylation sites (tertiary alicyclic amines) is 1. The Kier molecular flexibility index (Phi) is 6.69. The summed E-state index contributed by atoms with van der Waals surface area (Å²) in [6, 6.07) is 8.45. The normalized spacial score (nSPS) is 22.0. The molecule has 0 aliphatic carbocycles. The highest BCUT2D eigenvalue weighted by molar-refractivity contribution is 9.10. The summed E-state index contributed by atoms with van der Waals surface area (Å²) < 4.78 is 70.1. The summed E-state index contributed by atoms with van der Waals surface area (Å²) in [6.07, 6.45) is -5.02. The lowest BCUT2D eigenvalue weighted by atomic mass is 9.62. The molecule has 188 valence electrons. The fourth-order valence-corrected chi connectivity index (χ4v) is 5.54. The van der Waals surface area contributed by atoms with Crippen LogP contribution in [0.5, 0.6) is 0 Å². The first-order valence-corrected chi connectivity index (χ1v) is 11.7. The molecule has 0 aromatic heterocycles. The zero-order chi connectivity index (χ0) is 25.6. The van der Waals surface area contributed by atoms with Crippen LogP contribution < -0.4 is 5.32 Å². The highest BCUT2D eigenvalue weighted by Crippen LogP contribution is 2.50. The first-order chi connectivity index (χ1) is 16.4. The second-order valence-electron chi connectivity index (χ2n) is 9.07. The van der Waals surface area contributed by atoms with Gasteiger partial charge in [-0.25, -0.2) is 8.78 Å². The van der Waals surface area contributed by atoms with Crippen LogP contribution in [0.4, 0.5) is 22.0 Å². The second-order valence-corrected chi connectivity index (χ2v) is 9.99. The van der Waals surface area contributed by atoms with Crippen molar-refractivity contribution in [2.45, 2.75) is 37.0 Å². The lowest BCUT2D eigenvalue weighted by Crippen LogP contribution is -2.59. The van der Waals surface area contributed by atoms with Crippen molar-refractivity contribution in [1.29, 1.82) is 0 Å². The molecule has 0 saturated carbocycles. The van der Waals surface area contributed by atoms with E-state index in [1.807, 2.05) is 0 Å². The first kappa shape index (κ1) is 25.6. The fraction of sp³-hybridized carbons (Fsp3) is 0.417. The van der Waals surface area contributed by atoms with Crippen molar-refractivity contribution >= 4 is 27.7 Å². The monoisotopic (exact) mass is 560 g/mol. The van der Waals surface area contributed by atoms with Gasteiger partial charge in [0.05, 0.1) is 0 Å². The molecule has 2 heterocycles. The molecule has 1 unspecified atom stereocenters. The number of hydrogen-bond donors (Lipinski definition) is 2. The van der Waals surface area contributed by atoms with E-state index in [1.165, 1.54) is 12.1 Å². The molecule has 2 atom stereocenters. The molecule has 0 radical (unpaired) electrons. The molecule has 2 N–H and O–H groups in total. The van der Waals surface area contributed by atoms with E-state index in [0.29, 0.717) is 0 Å². The van der Waals surface area contributed by atoms with Crippen molar-refractivity contribution in [2.75, 3.05) is 19.6 Å². The minimum absolute atomic E-state index is 0.0670. The van der Waals surface area contributed by atoms with Crippen LogP contribution in [-0.4, -0.2) is 47.6 Å². The molecule has 2 aliphatic heterocycles. The van der Waals surface area contributed by atoms with Gasteiger partial charge in [0.25, 0.3) is 11.5 Å². The molecule has 35 heavy (non-hydrogen) atoms. The average molecular weight is 561 g/mol. The van der Waals surface area contributed by atoms with Crippen molar-refractivity contribution < 1.29 is 36.6 Å². The van der Waals surface area contributed by atoms with Gasteiger partial charge in [0.15, 0.2) is 0 Å². The molecule has 4 rings (SSSR count). The van der Waals surface area contributed by atoms with Gasteiger partial charge in [0, 0.05) is 42.0 Å². The first-order valence-electron chi connectivity index (χ1n) is 10.9. The number of nitrogens with one attached hydrogen (secondary N) is 1. The summed E-state index contributed by atoms with van der Waals surface area (Å²) in [7, 11) is 0. The van der Waals surface area contributed by atoms with Gasteiger partial charge < -0.3 is 15.3 Å². The number of carbonyl (C=O) groups excluding carboxylic acids is 2. The number of aliphatic hydroxyl groups is 1. The number of halogens is 6. The molecular weight excluding hydrogens is 539 g/mol. The number of piperidine rings is 2. The molecule has 2 saturated heterocycles. The van der Waals surface area contributed by atoms with Gasteiger partial charge in [-0.15, -0.1) is 0 Å². The summed E-state index contributed by atoms with van der Waals surface area (Å²) in [5, 5.41) is 13.4. The van der Waals surface area contributed by atoms with Gasteiger partial charge in [-0.3, -0.25) is 9.59 Å². The van der Waals surface area contributed by atoms with Crippen LogP contribution in [-0.2, 0) is 15.2 Å². The molecule has 11 heteroatoms. The van der Waals surface area contributed by atoms with Gasteiger partial charge in [0.1, 0.15) is 11.6 Å². The lowest BCUT2D eigenvalue weighted by Gasteiger charge is -2.50. The minimum atomic E-state index is -5.48. The molecule has 0 bridgehead atoms. The zero-order valence-electron chi connectivity index (χ0n) is 18.3. The van der Waals surface area contributed by atoms with Crippen molar-refractivity contribution in [3.05, 3.63) is 69.7 Å². The van der Waals surface area contributed by atoms with Gasteiger partial charge in [-0.05, 0) is 54.2 Å². The van der Waals surface area contributed by atoms with Crippen LogP contribution in [0.1, 0.15) is 36.3 Å². The molecule has 5 nitrogen and oxygen atoms in total. The lowest BCUT2D eigenvalue weighted by molar-refractivity contribution is -0.263.